The first-order chi connectivity index (χ1) is 9.72. The maximum atomic E-state index is 6.38. The first-order valence-electron chi connectivity index (χ1n) is 7.95. The molecule has 0 amide bonds. The minimum atomic E-state index is 0.569. The first-order valence-corrected chi connectivity index (χ1v) is 9.12. The SMILES string of the molecule is Clc1nc(C2CC3CCC2C3)nc(C2CCCC2)c1Br. The zero-order chi connectivity index (χ0) is 13.7. The van der Waals surface area contributed by atoms with Gasteiger partial charge in [0.25, 0.3) is 0 Å². The Morgan fingerprint density at radius 1 is 1.00 bits per heavy atom. The van der Waals surface area contributed by atoms with Gasteiger partial charge in [-0.05, 0) is 59.9 Å². The Hall–Kier alpha value is -0.150. The van der Waals surface area contributed by atoms with E-state index in [1.54, 1.807) is 0 Å². The summed E-state index contributed by atoms with van der Waals surface area (Å²) in [6.07, 6.45) is 10.6. The number of hydrogen-bond donors (Lipinski definition) is 0. The molecule has 0 spiro atoms. The molecule has 3 fully saturated rings. The van der Waals surface area contributed by atoms with E-state index in [1.807, 2.05) is 0 Å². The Labute approximate surface area is 133 Å². The maximum absolute atomic E-state index is 6.38. The molecule has 0 saturated heterocycles. The van der Waals surface area contributed by atoms with Gasteiger partial charge in [-0.15, -0.1) is 0 Å². The molecule has 4 rings (SSSR count). The van der Waals surface area contributed by atoms with E-state index in [0.717, 1.165) is 22.1 Å². The number of halogens is 2. The fourth-order valence-corrected chi connectivity index (χ4v) is 5.33. The monoisotopic (exact) mass is 354 g/mol. The standard InChI is InChI=1S/C16H20BrClN2/c17-13-14(10-3-1-2-4-10)19-16(20-15(13)18)12-8-9-5-6-11(12)7-9/h9-12H,1-8H2. The van der Waals surface area contributed by atoms with Crippen molar-refractivity contribution in [1.82, 2.24) is 9.97 Å². The molecule has 1 aromatic heterocycles. The van der Waals surface area contributed by atoms with Crippen molar-refractivity contribution < 1.29 is 0 Å². The van der Waals surface area contributed by atoms with Crippen LogP contribution >= 0.6 is 27.5 Å². The molecular weight excluding hydrogens is 336 g/mol. The van der Waals surface area contributed by atoms with Gasteiger partial charge in [0.05, 0.1) is 10.2 Å². The van der Waals surface area contributed by atoms with Crippen LogP contribution in [0.25, 0.3) is 0 Å². The van der Waals surface area contributed by atoms with Crippen molar-refractivity contribution in [2.75, 3.05) is 0 Å². The molecule has 4 heteroatoms. The van der Waals surface area contributed by atoms with E-state index < -0.39 is 0 Å². The Morgan fingerprint density at radius 2 is 1.80 bits per heavy atom. The van der Waals surface area contributed by atoms with Crippen LogP contribution in [0.3, 0.4) is 0 Å². The van der Waals surface area contributed by atoms with Gasteiger partial charge >= 0.3 is 0 Å². The summed E-state index contributed by atoms with van der Waals surface area (Å²) in [5.74, 6) is 3.92. The van der Waals surface area contributed by atoms with E-state index in [2.05, 4.69) is 20.9 Å². The lowest BCUT2D eigenvalue weighted by Gasteiger charge is -2.22. The van der Waals surface area contributed by atoms with Crippen LogP contribution in [-0.2, 0) is 0 Å². The first kappa shape index (κ1) is 13.5. The van der Waals surface area contributed by atoms with Crippen LogP contribution in [0.2, 0.25) is 5.15 Å². The average molecular weight is 356 g/mol. The van der Waals surface area contributed by atoms with Crippen LogP contribution in [0.4, 0.5) is 0 Å². The van der Waals surface area contributed by atoms with Crippen molar-refractivity contribution in [3.8, 4) is 0 Å². The molecule has 3 aliphatic carbocycles. The van der Waals surface area contributed by atoms with Gasteiger partial charge in [-0.2, -0.15) is 0 Å². The second-order valence-corrected chi connectivity index (χ2v) is 7.99. The molecule has 2 bridgehead atoms. The largest absolute Gasteiger partial charge is 0.236 e. The third-order valence-corrected chi connectivity index (χ3v) is 6.95. The van der Waals surface area contributed by atoms with Gasteiger partial charge in [-0.25, -0.2) is 9.97 Å². The lowest BCUT2D eigenvalue weighted by atomic mass is 9.88. The molecule has 3 atom stereocenters. The van der Waals surface area contributed by atoms with Crippen molar-refractivity contribution in [2.24, 2.45) is 11.8 Å². The van der Waals surface area contributed by atoms with Gasteiger partial charge in [0.2, 0.25) is 0 Å². The van der Waals surface area contributed by atoms with Crippen molar-refractivity contribution in [2.45, 2.75) is 63.2 Å². The van der Waals surface area contributed by atoms with Crippen molar-refractivity contribution in [3.63, 3.8) is 0 Å². The Kier molecular flexibility index (Phi) is 3.54. The van der Waals surface area contributed by atoms with Gasteiger partial charge in [0.15, 0.2) is 0 Å². The van der Waals surface area contributed by atoms with E-state index in [4.69, 9.17) is 16.6 Å². The van der Waals surface area contributed by atoms with Gasteiger partial charge in [0.1, 0.15) is 11.0 Å². The van der Waals surface area contributed by atoms with Gasteiger partial charge in [-0.3, -0.25) is 0 Å². The molecule has 3 unspecified atom stereocenters. The van der Waals surface area contributed by atoms with Crippen molar-refractivity contribution in [1.29, 1.82) is 0 Å². The molecule has 3 aliphatic rings. The smallest absolute Gasteiger partial charge is 0.147 e. The molecule has 0 radical (unpaired) electrons. The average Bonchev–Trinajstić information content (AvgIpc) is 3.18. The Morgan fingerprint density at radius 3 is 2.45 bits per heavy atom. The topological polar surface area (TPSA) is 25.8 Å². The third-order valence-electron chi connectivity index (χ3n) is 5.67. The number of rotatable bonds is 2. The second-order valence-electron chi connectivity index (χ2n) is 6.83. The molecular formula is C16H20BrClN2. The van der Waals surface area contributed by atoms with Crippen LogP contribution in [0.1, 0.15) is 74.7 Å². The van der Waals surface area contributed by atoms with E-state index in [9.17, 15) is 0 Å². The molecule has 20 heavy (non-hydrogen) atoms. The van der Waals surface area contributed by atoms with Crippen LogP contribution in [-0.4, -0.2) is 9.97 Å². The van der Waals surface area contributed by atoms with Crippen LogP contribution in [0.5, 0.6) is 0 Å². The van der Waals surface area contributed by atoms with Crippen LogP contribution < -0.4 is 0 Å². The summed E-state index contributed by atoms with van der Waals surface area (Å²) in [6.45, 7) is 0. The number of hydrogen-bond acceptors (Lipinski definition) is 2. The lowest BCUT2D eigenvalue weighted by molar-refractivity contribution is 0.403. The number of aromatic nitrogens is 2. The fourth-order valence-electron chi connectivity index (χ4n) is 4.65. The highest BCUT2D eigenvalue weighted by atomic mass is 79.9. The summed E-state index contributed by atoms with van der Waals surface area (Å²) in [5.41, 5.74) is 1.18. The zero-order valence-corrected chi connectivity index (χ0v) is 14.0. The predicted molar refractivity (Wildman–Crippen MR) is 84.1 cm³/mol. The highest BCUT2D eigenvalue weighted by Crippen LogP contribution is 2.52. The summed E-state index contributed by atoms with van der Waals surface area (Å²) in [6, 6.07) is 0. The third kappa shape index (κ3) is 2.21. The molecule has 0 N–H and O–H groups in total. The van der Waals surface area contributed by atoms with Gasteiger partial charge in [0, 0.05) is 11.8 Å². The Bertz CT molecular complexity index is 527. The summed E-state index contributed by atoms with van der Waals surface area (Å²) in [5, 5.41) is 0.625. The molecule has 108 valence electrons. The molecule has 1 heterocycles. The van der Waals surface area contributed by atoms with Crippen molar-refractivity contribution in [3.05, 3.63) is 21.1 Å². The summed E-state index contributed by atoms with van der Waals surface area (Å²) in [4.78, 5) is 9.59. The van der Waals surface area contributed by atoms with Crippen molar-refractivity contribution >= 4 is 27.5 Å². The molecule has 1 aromatic rings. The quantitative estimate of drug-likeness (QED) is 0.659. The highest BCUT2D eigenvalue weighted by molar-refractivity contribution is 9.10. The van der Waals surface area contributed by atoms with Gasteiger partial charge < -0.3 is 0 Å². The van der Waals surface area contributed by atoms with E-state index in [-0.39, 0.29) is 0 Å². The minimum Gasteiger partial charge on any atom is -0.236 e. The molecule has 0 aliphatic heterocycles. The Balaban J connectivity index is 1.69. The summed E-state index contributed by atoms with van der Waals surface area (Å²) in [7, 11) is 0. The van der Waals surface area contributed by atoms with Crippen LogP contribution in [0.15, 0.2) is 4.47 Å². The minimum absolute atomic E-state index is 0.569. The normalized spacial score (nSPS) is 33.2. The van der Waals surface area contributed by atoms with E-state index in [0.29, 0.717) is 17.0 Å². The van der Waals surface area contributed by atoms with Crippen LogP contribution in [0, 0.1) is 11.8 Å². The molecule has 0 aromatic carbocycles. The second kappa shape index (κ2) is 5.24. The van der Waals surface area contributed by atoms with Gasteiger partial charge in [-0.1, -0.05) is 30.9 Å². The summed E-state index contributed by atoms with van der Waals surface area (Å²) < 4.78 is 0.943. The highest BCUT2D eigenvalue weighted by Gasteiger charge is 2.42. The van der Waals surface area contributed by atoms with E-state index in [1.165, 1.54) is 57.1 Å². The predicted octanol–water partition coefficient (Wildman–Crippen LogP) is 5.45. The lowest BCUT2D eigenvalue weighted by Crippen LogP contribution is -2.14. The summed E-state index contributed by atoms with van der Waals surface area (Å²) >= 11 is 10.00. The number of nitrogens with zero attached hydrogens (tertiary/aromatic N) is 2. The fraction of sp³-hybridized carbons (Fsp3) is 0.750. The molecule has 3 saturated carbocycles. The maximum Gasteiger partial charge on any atom is 0.147 e. The van der Waals surface area contributed by atoms with E-state index >= 15 is 0 Å². The number of fused-ring (bicyclic) bond motifs is 2. The molecule has 2 nitrogen and oxygen atoms in total. The zero-order valence-electron chi connectivity index (χ0n) is 11.6.